The Kier molecular flexibility index (Phi) is 3.62. The average molecular weight is 300 g/mol. The number of hydrogen-bond donors (Lipinski definition) is 3. The summed E-state index contributed by atoms with van der Waals surface area (Å²) in [5, 5.41) is 18.6. The maximum Gasteiger partial charge on any atom is 0.307 e. The number of carboxylic acid groups (broad SMARTS) is 1. The van der Waals surface area contributed by atoms with Gasteiger partial charge in [0.05, 0.1) is 11.8 Å². The van der Waals surface area contributed by atoms with Crippen molar-refractivity contribution in [3.05, 3.63) is 30.1 Å². The van der Waals surface area contributed by atoms with Crippen molar-refractivity contribution in [1.82, 2.24) is 15.2 Å². The molecule has 3 rings (SSSR count). The third-order valence-electron chi connectivity index (χ3n) is 3.91. The molecule has 0 radical (unpaired) electrons. The predicted molar refractivity (Wildman–Crippen MR) is 79.0 cm³/mol. The highest BCUT2D eigenvalue weighted by Gasteiger charge is 2.41. The van der Waals surface area contributed by atoms with Gasteiger partial charge < -0.3 is 10.4 Å². The molecule has 2 atom stereocenters. The highest BCUT2D eigenvalue weighted by molar-refractivity contribution is 5.96. The van der Waals surface area contributed by atoms with Crippen molar-refractivity contribution in [2.45, 2.75) is 19.8 Å². The first-order valence-electron chi connectivity index (χ1n) is 7.07. The second kappa shape index (κ2) is 5.59. The number of amides is 1. The number of aryl methyl sites for hydroxylation is 1. The van der Waals surface area contributed by atoms with Gasteiger partial charge in [-0.25, -0.2) is 4.98 Å². The van der Waals surface area contributed by atoms with Crippen LogP contribution in [0.3, 0.4) is 0 Å². The van der Waals surface area contributed by atoms with Gasteiger partial charge >= 0.3 is 5.97 Å². The van der Waals surface area contributed by atoms with Crippen LogP contribution in [-0.4, -0.2) is 32.2 Å². The predicted octanol–water partition coefficient (Wildman–Crippen LogP) is 1.83. The van der Waals surface area contributed by atoms with Crippen LogP contribution in [0.4, 0.5) is 5.69 Å². The summed E-state index contributed by atoms with van der Waals surface area (Å²) in [6.45, 7) is 1.81. The molecule has 22 heavy (non-hydrogen) atoms. The summed E-state index contributed by atoms with van der Waals surface area (Å²) in [7, 11) is 0. The lowest BCUT2D eigenvalue weighted by molar-refractivity contribution is -0.151. The van der Waals surface area contributed by atoms with Gasteiger partial charge in [0.25, 0.3) is 0 Å². The topological polar surface area (TPSA) is 108 Å². The second-order valence-electron chi connectivity index (χ2n) is 5.44. The van der Waals surface area contributed by atoms with Gasteiger partial charge in [0, 0.05) is 11.3 Å². The number of H-pyrrole nitrogens is 1. The number of carbonyl (C=O) groups excluding carboxylic acids is 1. The van der Waals surface area contributed by atoms with Crippen molar-refractivity contribution in [2.24, 2.45) is 11.8 Å². The van der Waals surface area contributed by atoms with Crippen molar-refractivity contribution in [2.75, 3.05) is 5.32 Å². The molecule has 1 saturated carbocycles. The van der Waals surface area contributed by atoms with E-state index in [0.29, 0.717) is 30.2 Å². The molecule has 1 aliphatic rings. The molecule has 114 valence electrons. The maximum absolute atomic E-state index is 12.1. The quantitative estimate of drug-likeness (QED) is 0.798. The Labute approximate surface area is 126 Å². The van der Waals surface area contributed by atoms with Gasteiger partial charge in [0.2, 0.25) is 5.91 Å². The largest absolute Gasteiger partial charge is 0.481 e. The molecule has 1 aliphatic carbocycles. The van der Waals surface area contributed by atoms with Crippen LogP contribution in [0.1, 0.15) is 18.7 Å². The van der Waals surface area contributed by atoms with Crippen LogP contribution < -0.4 is 5.32 Å². The number of nitrogens with zero attached hydrogens (tertiary/aromatic N) is 2. The van der Waals surface area contributed by atoms with E-state index in [4.69, 9.17) is 5.11 Å². The van der Waals surface area contributed by atoms with E-state index in [2.05, 4.69) is 20.5 Å². The number of aromatic nitrogens is 3. The lowest BCUT2D eigenvalue weighted by Gasteiger charge is -2.31. The monoisotopic (exact) mass is 300 g/mol. The number of benzene rings is 1. The molecule has 1 fully saturated rings. The maximum atomic E-state index is 12.1. The van der Waals surface area contributed by atoms with Crippen LogP contribution in [0.15, 0.2) is 24.3 Å². The van der Waals surface area contributed by atoms with Gasteiger partial charge in [-0.15, -0.1) is 0 Å². The Morgan fingerprint density at radius 1 is 1.32 bits per heavy atom. The van der Waals surface area contributed by atoms with Gasteiger partial charge in [-0.1, -0.05) is 12.1 Å². The van der Waals surface area contributed by atoms with Gasteiger partial charge in [-0.3, -0.25) is 14.7 Å². The molecule has 7 heteroatoms. The standard InChI is InChI=1S/C15H16N4O3/c1-8-16-13(19-18-8)9-3-2-4-10(7-9)17-14(20)11-5-6-12(11)15(21)22/h2-4,7,11-12H,5-6H2,1H3,(H,17,20)(H,21,22)(H,16,18,19). The number of carbonyl (C=O) groups is 2. The van der Waals surface area contributed by atoms with E-state index in [1.807, 2.05) is 13.0 Å². The van der Waals surface area contributed by atoms with Gasteiger partial charge in [0.15, 0.2) is 5.82 Å². The third-order valence-corrected chi connectivity index (χ3v) is 3.91. The number of anilines is 1. The zero-order chi connectivity index (χ0) is 15.7. The summed E-state index contributed by atoms with van der Waals surface area (Å²) >= 11 is 0. The van der Waals surface area contributed by atoms with Crippen LogP contribution in [-0.2, 0) is 9.59 Å². The van der Waals surface area contributed by atoms with Crippen LogP contribution in [0.5, 0.6) is 0 Å². The van der Waals surface area contributed by atoms with Crippen molar-refractivity contribution in [3.8, 4) is 11.4 Å². The van der Waals surface area contributed by atoms with E-state index < -0.39 is 17.8 Å². The molecule has 3 N–H and O–H groups in total. The fraction of sp³-hybridized carbons (Fsp3) is 0.333. The lowest BCUT2D eigenvalue weighted by Crippen LogP contribution is -2.41. The molecule has 1 amide bonds. The number of aromatic amines is 1. The molecule has 1 aromatic heterocycles. The number of nitrogens with one attached hydrogen (secondary N) is 2. The molecule has 0 spiro atoms. The van der Waals surface area contributed by atoms with E-state index >= 15 is 0 Å². The summed E-state index contributed by atoms with van der Waals surface area (Å²) in [4.78, 5) is 27.4. The number of rotatable bonds is 4. The average Bonchev–Trinajstić information content (AvgIpc) is 2.83. The number of carboxylic acids is 1. The van der Waals surface area contributed by atoms with E-state index in [1.165, 1.54) is 0 Å². The molecule has 1 heterocycles. The van der Waals surface area contributed by atoms with Crippen LogP contribution >= 0.6 is 0 Å². The van der Waals surface area contributed by atoms with Gasteiger partial charge in [-0.05, 0) is 31.9 Å². The number of hydrogen-bond acceptors (Lipinski definition) is 4. The van der Waals surface area contributed by atoms with E-state index in [1.54, 1.807) is 18.2 Å². The summed E-state index contributed by atoms with van der Waals surface area (Å²) < 4.78 is 0. The van der Waals surface area contributed by atoms with Crippen LogP contribution in [0.2, 0.25) is 0 Å². The smallest absolute Gasteiger partial charge is 0.307 e. The molecule has 1 aromatic carbocycles. The minimum atomic E-state index is -0.906. The Hall–Kier alpha value is -2.70. The fourth-order valence-electron chi connectivity index (χ4n) is 2.55. The summed E-state index contributed by atoms with van der Waals surface area (Å²) in [5.41, 5.74) is 1.39. The minimum absolute atomic E-state index is 0.248. The first kappa shape index (κ1) is 14.2. The Bertz CT molecular complexity index is 725. The molecule has 2 unspecified atom stereocenters. The van der Waals surface area contributed by atoms with Gasteiger partial charge in [-0.2, -0.15) is 5.10 Å². The van der Waals surface area contributed by atoms with E-state index in [0.717, 1.165) is 5.56 Å². The fourth-order valence-corrected chi connectivity index (χ4v) is 2.55. The van der Waals surface area contributed by atoms with Crippen LogP contribution in [0.25, 0.3) is 11.4 Å². The molecular weight excluding hydrogens is 284 g/mol. The Balaban J connectivity index is 1.73. The first-order chi connectivity index (χ1) is 10.5. The summed E-state index contributed by atoms with van der Waals surface area (Å²) in [6.07, 6.45) is 1.17. The molecular formula is C15H16N4O3. The summed E-state index contributed by atoms with van der Waals surface area (Å²) in [6, 6.07) is 7.18. The van der Waals surface area contributed by atoms with Crippen molar-refractivity contribution >= 4 is 17.6 Å². The van der Waals surface area contributed by atoms with Crippen molar-refractivity contribution in [3.63, 3.8) is 0 Å². The Morgan fingerprint density at radius 3 is 2.68 bits per heavy atom. The molecule has 0 bridgehead atoms. The number of aliphatic carboxylic acids is 1. The Morgan fingerprint density at radius 2 is 2.09 bits per heavy atom. The first-order valence-corrected chi connectivity index (χ1v) is 7.07. The summed E-state index contributed by atoms with van der Waals surface area (Å²) in [5.74, 6) is -0.909. The second-order valence-corrected chi connectivity index (χ2v) is 5.44. The van der Waals surface area contributed by atoms with Crippen LogP contribution in [0, 0.1) is 18.8 Å². The molecule has 2 aromatic rings. The molecule has 7 nitrogen and oxygen atoms in total. The molecule has 0 saturated heterocycles. The highest BCUT2D eigenvalue weighted by atomic mass is 16.4. The lowest BCUT2D eigenvalue weighted by atomic mass is 9.73. The minimum Gasteiger partial charge on any atom is -0.481 e. The SMILES string of the molecule is Cc1nc(-c2cccc(NC(=O)C3CCC3C(=O)O)c2)n[nH]1. The zero-order valence-electron chi connectivity index (χ0n) is 12.0. The normalized spacial score (nSPS) is 20.2. The third kappa shape index (κ3) is 2.69. The van der Waals surface area contributed by atoms with Crippen molar-refractivity contribution in [1.29, 1.82) is 0 Å². The van der Waals surface area contributed by atoms with E-state index in [-0.39, 0.29) is 5.91 Å². The highest BCUT2D eigenvalue weighted by Crippen LogP contribution is 2.35. The van der Waals surface area contributed by atoms with Crippen molar-refractivity contribution < 1.29 is 14.7 Å². The van der Waals surface area contributed by atoms with E-state index in [9.17, 15) is 9.59 Å². The van der Waals surface area contributed by atoms with Gasteiger partial charge in [0.1, 0.15) is 5.82 Å². The molecule has 0 aliphatic heterocycles. The zero-order valence-corrected chi connectivity index (χ0v) is 12.0.